The first-order chi connectivity index (χ1) is 9.85. The smallest absolute Gasteiger partial charge is 0.0275 e. The van der Waals surface area contributed by atoms with Crippen molar-refractivity contribution in [3.05, 3.63) is 48.6 Å². The highest BCUT2D eigenvalue weighted by molar-refractivity contribution is 5.16. The molecule has 1 aliphatic carbocycles. The van der Waals surface area contributed by atoms with E-state index in [-0.39, 0.29) is 0 Å². The second-order valence-electron chi connectivity index (χ2n) is 6.56. The van der Waals surface area contributed by atoms with Gasteiger partial charge in [0.15, 0.2) is 0 Å². The third kappa shape index (κ3) is 2.56. The third-order valence-corrected chi connectivity index (χ3v) is 5.48. The van der Waals surface area contributed by atoms with E-state index in [1.54, 1.807) is 0 Å². The van der Waals surface area contributed by atoms with Crippen molar-refractivity contribution in [2.45, 2.75) is 57.0 Å². The Labute approximate surface area is 123 Å². The summed E-state index contributed by atoms with van der Waals surface area (Å²) in [6.07, 6.45) is 11.9. The van der Waals surface area contributed by atoms with Crippen LogP contribution >= 0.6 is 0 Å². The maximum Gasteiger partial charge on any atom is 0.0275 e. The SMILES string of the molecule is C=C[C@@H]1CCCC[C@@]12CCCCN2Cc1ccccc1. The largest absolute Gasteiger partial charge is 0.293 e. The maximum absolute atomic E-state index is 4.15. The van der Waals surface area contributed by atoms with E-state index >= 15 is 0 Å². The minimum atomic E-state index is 0.411. The second-order valence-corrected chi connectivity index (χ2v) is 6.56. The highest BCUT2D eigenvalue weighted by atomic mass is 15.2. The van der Waals surface area contributed by atoms with Crippen molar-refractivity contribution < 1.29 is 0 Å². The minimum Gasteiger partial charge on any atom is -0.293 e. The molecule has 1 aliphatic heterocycles. The molecule has 2 atom stereocenters. The van der Waals surface area contributed by atoms with Crippen molar-refractivity contribution in [2.24, 2.45) is 5.92 Å². The molecule has 1 saturated heterocycles. The van der Waals surface area contributed by atoms with Crippen LogP contribution < -0.4 is 0 Å². The lowest BCUT2D eigenvalue weighted by Crippen LogP contribution is -2.56. The van der Waals surface area contributed by atoms with Crippen LogP contribution in [0.1, 0.15) is 50.5 Å². The van der Waals surface area contributed by atoms with Crippen molar-refractivity contribution >= 4 is 0 Å². The molecule has 1 aromatic rings. The van der Waals surface area contributed by atoms with Gasteiger partial charge in [0.1, 0.15) is 0 Å². The molecule has 0 unspecified atom stereocenters. The lowest BCUT2D eigenvalue weighted by Gasteiger charge is -2.53. The normalized spacial score (nSPS) is 31.3. The molecular formula is C19H27N. The molecule has 0 N–H and O–H groups in total. The predicted molar refractivity (Wildman–Crippen MR) is 85.6 cm³/mol. The summed E-state index contributed by atoms with van der Waals surface area (Å²) < 4.78 is 0. The van der Waals surface area contributed by atoms with E-state index in [0.717, 1.165) is 6.54 Å². The Kier molecular flexibility index (Phi) is 4.26. The van der Waals surface area contributed by atoms with Crippen LogP contribution in [-0.2, 0) is 6.54 Å². The molecular weight excluding hydrogens is 242 g/mol. The summed E-state index contributed by atoms with van der Waals surface area (Å²) in [5.41, 5.74) is 1.87. The Morgan fingerprint density at radius 2 is 1.85 bits per heavy atom. The molecule has 1 nitrogen and oxygen atoms in total. The molecule has 1 aromatic carbocycles. The first-order valence-electron chi connectivity index (χ1n) is 8.27. The Balaban J connectivity index is 1.84. The van der Waals surface area contributed by atoms with Crippen LogP contribution in [0.25, 0.3) is 0 Å². The molecule has 0 amide bonds. The molecule has 0 bridgehead atoms. The number of nitrogens with zero attached hydrogens (tertiary/aromatic N) is 1. The number of rotatable bonds is 3. The van der Waals surface area contributed by atoms with Crippen LogP contribution in [0.15, 0.2) is 43.0 Å². The molecule has 1 spiro atoms. The van der Waals surface area contributed by atoms with Crippen LogP contribution in [0.3, 0.4) is 0 Å². The summed E-state index contributed by atoms with van der Waals surface area (Å²) in [4.78, 5) is 2.79. The topological polar surface area (TPSA) is 3.24 Å². The van der Waals surface area contributed by atoms with Gasteiger partial charge in [0.25, 0.3) is 0 Å². The van der Waals surface area contributed by atoms with Gasteiger partial charge in [-0.15, -0.1) is 6.58 Å². The zero-order valence-corrected chi connectivity index (χ0v) is 12.6. The summed E-state index contributed by atoms with van der Waals surface area (Å²) in [5.74, 6) is 0.695. The Morgan fingerprint density at radius 3 is 2.60 bits per heavy atom. The van der Waals surface area contributed by atoms with Gasteiger partial charge in [0, 0.05) is 12.1 Å². The van der Waals surface area contributed by atoms with E-state index in [9.17, 15) is 0 Å². The van der Waals surface area contributed by atoms with Gasteiger partial charge in [-0.2, -0.15) is 0 Å². The first kappa shape index (κ1) is 13.9. The number of piperidine rings is 1. The van der Waals surface area contributed by atoms with Gasteiger partial charge in [0.2, 0.25) is 0 Å². The highest BCUT2D eigenvalue weighted by Crippen LogP contribution is 2.45. The second kappa shape index (κ2) is 6.13. The molecule has 2 aliphatic rings. The van der Waals surface area contributed by atoms with E-state index in [4.69, 9.17) is 0 Å². The molecule has 2 fully saturated rings. The van der Waals surface area contributed by atoms with E-state index in [2.05, 4.69) is 47.9 Å². The molecule has 20 heavy (non-hydrogen) atoms. The van der Waals surface area contributed by atoms with E-state index in [1.807, 2.05) is 0 Å². The average Bonchev–Trinajstić information content (AvgIpc) is 2.51. The fourth-order valence-corrected chi connectivity index (χ4v) is 4.44. The maximum atomic E-state index is 4.15. The van der Waals surface area contributed by atoms with Crippen LogP contribution in [0, 0.1) is 5.92 Å². The summed E-state index contributed by atoms with van der Waals surface area (Å²) in [7, 11) is 0. The lowest BCUT2D eigenvalue weighted by atomic mass is 9.67. The molecule has 0 radical (unpaired) electrons. The average molecular weight is 269 g/mol. The molecule has 1 saturated carbocycles. The number of hydrogen-bond acceptors (Lipinski definition) is 1. The minimum absolute atomic E-state index is 0.411. The van der Waals surface area contributed by atoms with Gasteiger partial charge in [-0.05, 0) is 43.7 Å². The van der Waals surface area contributed by atoms with Gasteiger partial charge in [-0.25, -0.2) is 0 Å². The van der Waals surface area contributed by atoms with Crippen LogP contribution in [0.4, 0.5) is 0 Å². The van der Waals surface area contributed by atoms with E-state index in [1.165, 1.54) is 57.1 Å². The van der Waals surface area contributed by atoms with E-state index < -0.39 is 0 Å². The predicted octanol–water partition coefficient (Wildman–Crippen LogP) is 4.79. The lowest BCUT2D eigenvalue weighted by molar-refractivity contribution is -0.0202. The molecule has 108 valence electrons. The van der Waals surface area contributed by atoms with Gasteiger partial charge in [-0.3, -0.25) is 4.90 Å². The van der Waals surface area contributed by atoms with Crippen LogP contribution in [-0.4, -0.2) is 17.0 Å². The summed E-state index contributed by atoms with van der Waals surface area (Å²) in [6.45, 7) is 6.53. The van der Waals surface area contributed by atoms with Crippen molar-refractivity contribution in [2.75, 3.05) is 6.54 Å². The monoisotopic (exact) mass is 269 g/mol. The van der Waals surface area contributed by atoms with Crippen molar-refractivity contribution in [3.8, 4) is 0 Å². The van der Waals surface area contributed by atoms with Gasteiger partial charge >= 0.3 is 0 Å². The molecule has 3 rings (SSSR count). The fourth-order valence-electron chi connectivity index (χ4n) is 4.44. The molecule has 1 heteroatoms. The number of hydrogen-bond donors (Lipinski definition) is 0. The molecule has 1 heterocycles. The Hall–Kier alpha value is -1.08. The van der Waals surface area contributed by atoms with Crippen molar-refractivity contribution in [1.29, 1.82) is 0 Å². The summed E-state index contributed by atoms with van der Waals surface area (Å²) in [6, 6.07) is 11.0. The van der Waals surface area contributed by atoms with E-state index in [0.29, 0.717) is 11.5 Å². The van der Waals surface area contributed by atoms with Gasteiger partial charge in [0.05, 0.1) is 0 Å². The van der Waals surface area contributed by atoms with Crippen molar-refractivity contribution in [3.63, 3.8) is 0 Å². The highest BCUT2D eigenvalue weighted by Gasteiger charge is 2.44. The van der Waals surface area contributed by atoms with Gasteiger partial charge < -0.3 is 0 Å². The van der Waals surface area contributed by atoms with Gasteiger partial charge in [-0.1, -0.05) is 55.7 Å². The van der Waals surface area contributed by atoms with Crippen LogP contribution in [0.5, 0.6) is 0 Å². The summed E-state index contributed by atoms with van der Waals surface area (Å²) in [5, 5.41) is 0. The quantitative estimate of drug-likeness (QED) is 0.713. The Bertz CT molecular complexity index is 432. The fraction of sp³-hybridized carbons (Fsp3) is 0.579. The first-order valence-corrected chi connectivity index (χ1v) is 8.27. The summed E-state index contributed by atoms with van der Waals surface area (Å²) >= 11 is 0. The zero-order valence-electron chi connectivity index (χ0n) is 12.6. The number of likely N-dealkylation sites (tertiary alicyclic amines) is 1. The number of benzene rings is 1. The molecule has 0 aromatic heterocycles. The zero-order chi connectivity index (χ0) is 13.8. The van der Waals surface area contributed by atoms with Crippen LogP contribution in [0.2, 0.25) is 0 Å². The third-order valence-electron chi connectivity index (χ3n) is 5.48. The standard InChI is InChI=1S/C19H27N/c1-2-18-12-6-7-13-19(18)14-8-9-15-20(19)16-17-10-4-3-5-11-17/h2-5,10-11,18H,1,6-9,12-16H2/t18-,19-/m1/s1. The van der Waals surface area contributed by atoms with Crippen molar-refractivity contribution in [1.82, 2.24) is 4.90 Å². The Morgan fingerprint density at radius 1 is 1.10 bits per heavy atom.